The highest BCUT2D eigenvalue weighted by molar-refractivity contribution is 6.11. The maximum absolute atomic E-state index is 13.3. The third-order valence-electron chi connectivity index (χ3n) is 4.73. The van der Waals surface area contributed by atoms with E-state index in [2.05, 4.69) is 15.0 Å². The van der Waals surface area contributed by atoms with E-state index in [0.717, 1.165) is 0 Å². The van der Waals surface area contributed by atoms with Gasteiger partial charge in [-0.05, 0) is 24.5 Å². The Labute approximate surface area is 140 Å². The fourth-order valence-electron chi connectivity index (χ4n) is 3.24. The van der Waals surface area contributed by atoms with Crippen LogP contribution in [0.15, 0.2) is 35.6 Å². The lowest BCUT2D eigenvalue weighted by atomic mass is 9.92. The minimum absolute atomic E-state index is 0.0870. The van der Waals surface area contributed by atoms with Crippen molar-refractivity contribution in [2.45, 2.75) is 31.0 Å². The second-order valence-electron chi connectivity index (χ2n) is 6.23. The molecule has 0 radical (unpaired) electrons. The van der Waals surface area contributed by atoms with E-state index in [-0.39, 0.29) is 23.5 Å². The first-order valence-corrected chi connectivity index (χ1v) is 7.70. The molecule has 128 valence electrons. The number of hydrogen-bond acceptors (Lipinski definition) is 4. The molecule has 1 aliphatic heterocycles. The third kappa shape index (κ3) is 2.40. The smallest absolute Gasteiger partial charge is 0.369 e. The molecule has 1 aromatic heterocycles. The van der Waals surface area contributed by atoms with E-state index in [1.54, 1.807) is 24.3 Å². The van der Waals surface area contributed by atoms with Gasteiger partial charge in [0.2, 0.25) is 5.91 Å². The monoisotopic (exact) mass is 346 g/mol. The van der Waals surface area contributed by atoms with Crippen LogP contribution < -0.4 is 5.73 Å². The number of hydrogen-bond donors (Lipinski definition) is 1. The van der Waals surface area contributed by atoms with Crippen molar-refractivity contribution in [1.29, 1.82) is 0 Å². The summed E-state index contributed by atoms with van der Waals surface area (Å²) < 4.78 is 39.8. The highest BCUT2D eigenvalue weighted by atomic mass is 19.4. The van der Waals surface area contributed by atoms with Crippen LogP contribution >= 0.6 is 0 Å². The molecule has 1 aliphatic carbocycles. The number of nitrogens with two attached hydrogens (primary N) is 1. The Morgan fingerprint density at radius 1 is 1.20 bits per heavy atom. The molecule has 1 saturated carbocycles. The Morgan fingerprint density at radius 2 is 1.96 bits per heavy atom. The SMILES string of the molecule is NC(=O)C1(c2cccc(-c3ncnc4c3C(C(F)(F)F)=NC4)c2)CC1. The fraction of sp³-hybridized carbons (Fsp3) is 0.294. The van der Waals surface area contributed by atoms with E-state index in [1.807, 2.05) is 0 Å². The largest absolute Gasteiger partial charge is 0.433 e. The summed E-state index contributed by atoms with van der Waals surface area (Å²) in [6, 6.07) is 6.81. The number of amides is 1. The number of carbonyl (C=O) groups is 1. The lowest BCUT2D eigenvalue weighted by Gasteiger charge is -2.15. The molecule has 0 atom stereocenters. The zero-order valence-electron chi connectivity index (χ0n) is 13.0. The molecule has 25 heavy (non-hydrogen) atoms. The number of aromatic nitrogens is 2. The predicted molar refractivity (Wildman–Crippen MR) is 83.9 cm³/mol. The molecule has 2 aliphatic rings. The van der Waals surface area contributed by atoms with Crippen molar-refractivity contribution in [2.75, 3.05) is 0 Å². The number of halogens is 3. The van der Waals surface area contributed by atoms with Crippen LogP contribution in [0.2, 0.25) is 0 Å². The van der Waals surface area contributed by atoms with Gasteiger partial charge >= 0.3 is 6.18 Å². The molecule has 1 fully saturated rings. The molecule has 0 spiro atoms. The molecule has 2 N–H and O–H groups in total. The van der Waals surface area contributed by atoms with Crippen LogP contribution in [0, 0.1) is 0 Å². The molecular weight excluding hydrogens is 333 g/mol. The summed E-state index contributed by atoms with van der Waals surface area (Å²) in [5, 5.41) is 0. The summed E-state index contributed by atoms with van der Waals surface area (Å²) in [7, 11) is 0. The lowest BCUT2D eigenvalue weighted by Crippen LogP contribution is -2.28. The van der Waals surface area contributed by atoms with E-state index in [4.69, 9.17) is 5.73 Å². The maximum atomic E-state index is 13.3. The topological polar surface area (TPSA) is 81.2 Å². The number of rotatable bonds is 3. The van der Waals surface area contributed by atoms with Gasteiger partial charge in [0.05, 0.1) is 28.9 Å². The molecule has 5 nitrogen and oxygen atoms in total. The van der Waals surface area contributed by atoms with Crippen molar-refractivity contribution in [3.8, 4) is 11.3 Å². The standard InChI is InChI=1S/C17H13F3N4O/c18-17(19,20)14-12-11(7-22-14)23-8-24-13(12)9-2-1-3-10(6-9)16(4-5-16)15(21)25/h1-3,6,8H,4-5,7H2,(H2,21,25). The van der Waals surface area contributed by atoms with Crippen molar-refractivity contribution >= 4 is 11.6 Å². The molecule has 2 aromatic rings. The van der Waals surface area contributed by atoms with Gasteiger partial charge in [-0.25, -0.2) is 9.97 Å². The first-order chi connectivity index (χ1) is 11.8. The predicted octanol–water partition coefficient (Wildman–Crippen LogP) is 2.53. The van der Waals surface area contributed by atoms with Crippen LogP contribution in [0.1, 0.15) is 29.7 Å². The molecule has 8 heteroatoms. The number of fused-ring (bicyclic) bond motifs is 1. The minimum Gasteiger partial charge on any atom is -0.369 e. The van der Waals surface area contributed by atoms with E-state index in [0.29, 0.717) is 24.0 Å². The molecule has 0 bridgehead atoms. The van der Waals surface area contributed by atoms with Crippen molar-refractivity contribution in [1.82, 2.24) is 9.97 Å². The number of benzene rings is 1. The first-order valence-electron chi connectivity index (χ1n) is 7.70. The molecule has 0 unspecified atom stereocenters. The second-order valence-corrected chi connectivity index (χ2v) is 6.23. The number of primary amides is 1. The number of carbonyl (C=O) groups excluding carboxylic acids is 1. The molecule has 1 aromatic carbocycles. The van der Waals surface area contributed by atoms with Crippen LogP contribution in [-0.2, 0) is 16.8 Å². The highest BCUT2D eigenvalue weighted by Crippen LogP contribution is 2.48. The molecule has 0 saturated heterocycles. The highest BCUT2D eigenvalue weighted by Gasteiger charge is 2.50. The van der Waals surface area contributed by atoms with E-state index in [9.17, 15) is 18.0 Å². The summed E-state index contributed by atoms with van der Waals surface area (Å²) in [5.74, 6) is -0.421. The fourth-order valence-corrected chi connectivity index (χ4v) is 3.24. The van der Waals surface area contributed by atoms with Crippen LogP contribution in [0.4, 0.5) is 13.2 Å². The number of nitrogens with zero attached hydrogens (tertiary/aromatic N) is 3. The van der Waals surface area contributed by atoms with Crippen LogP contribution in [0.3, 0.4) is 0 Å². The van der Waals surface area contributed by atoms with Gasteiger partial charge in [0.1, 0.15) is 6.33 Å². The summed E-state index contributed by atoms with van der Waals surface area (Å²) in [6.45, 7) is -0.120. The lowest BCUT2D eigenvalue weighted by molar-refractivity contribution is -0.120. The molecule has 1 amide bonds. The Balaban J connectivity index is 1.85. The summed E-state index contributed by atoms with van der Waals surface area (Å²) in [5.41, 5.74) is 5.34. The van der Waals surface area contributed by atoms with E-state index < -0.39 is 23.2 Å². The van der Waals surface area contributed by atoms with Crippen LogP contribution in [-0.4, -0.2) is 27.8 Å². The Hall–Kier alpha value is -2.77. The van der Waals surface area contributed by atoms with Crippen molar-refractivity contribution in [3.63, 3.8) is 0 Å². The first kappa shape index (κ1) is 15.7. The summed E-state index contributed by atoms with van der Waals surface area (Å²) in [4.78, 5) is 23.3. The minimum atomic E-state index is -4.58. The molecular formula is C17H13F3N4O. The average molecular weight is 346 g/mol. The van der Waals surface area contributed by atoms with E-state index >= 15 is 0 Å². The molecule has 4 rings (SSSR count). The van der Waals surface area contributed by atoms with Gasteiger partial charge in [-0.3, -0.25) is 9.79 Å². The zero-order chi connectivity index (χ0) is 17.8. The van der Waals surface area contributed by atoms with Gasteiger partial charge in [-0.2, -0.15) is 13.2 Å². The van der Waals surface area contributed by atoms with Crippen LogP contribution in [0.5, 0.6) is 0 Å². The van der Waals surface area contributed by atoms with Crippen molar-refractivity contribution in [3.05, 3.63) is 47.4 Å². The van der Waals surface area contributed by atoms with Gasteiger partial charge in [0.15, 0.2) is 5.71 Å². The van der Waals surface area contributed by atoms with Crippen molar-refractivity contribution in [2.24, 2.45) is 10.7 Å². The normalized spacial score (nSPS) is 17.8. The van der Waals surface area contributed by atoms with Crippen LogP contribution in [0.25, 0.3) is 11.3 Å². The van der Waals surface area contributed by atoms with Gasteiger partial charge in [0.25, 0.3) is 0 Å². The maximum Gasteiger partial charge on any atom is 0.433 e. The third-order valence-corrected chi connectivity index (χ3v) is 4.73. The summed E-state index contributed by atoms with van der Waals surface area (Å²) >= 11 is 0. The molecule has 2 heterocycles. The average Bonchev–Trinajstić information content (AvgIpc) is 3.26. The number of alkyl halides is 3. The Morgan fingerprint density at radius 3 is 2.60 bits per heavy atom. The zero-order valence-corrected chi connectivity index (χ0v) is 13.0. The Kier molecular flexibility index (Phi) is 3.22. The number of aliphatic imine (C=N–C) groups is 1. The van der Waals surface area contributed by atoms with Gasteiger partial charge in [0, 0.05) is 5.56 Å². The Bertz CT molecular complexity index is 916. The van der Waals surface area contributed by atoms with E-state index in [1.165, 1.54) is 6.33 Å². The van der Waals surface area contributed by atoms with Gasteiger partial charge in [-0.1, -0.05) is 18.2 Å². The summed E-state index contributed by atoms with van der Waals surface area (Å²) in [6.07, 6.45) is -2.06. The quantitative estimate of drug-likeness (QED) is 0.927. The van der Waals surface area contributed by atoms with Gasteiger partial charge < -0.3 is 5.73 Å². The van der Waals surface area contributed by atoms with Crippen molar-refractivity contribution < 1.29 is 18.0 Å². The van der Waals surface area contributed by atoms with Gasteiger partial charge in [-0.15, -0.1) is 0 Å². The second kappa shape index (κ2) is 5.11.